The van der Waals surface area contributed by atoms with Gasteiger partial charge in [0.2, 0.25) is 0 Å². The molecule has 1 heterocycles. The number of rotatable bonds is 6. The van der Waals surface area contributed by atoms with Crippen LogP contribution >= 0.6 is 0 Å². The van der Waals surface area contributed by atoms with Gasteiger partial charge >= 0.3 is 0 Å². The van der Waals surface area contributed by atoms with Gasteiger partial charge in [-0.05, 0) is 67.3 Å². The van der Waals surface area contributed by atoms with E-state index in [0.29, 0.717) is 42.0 Å². The molecular weight excluding hydrogens is 512 g/mol. The van der Waals surface area contributed by atoms with Crippen molar-refractivity contribution in [1.29, 1.82) is 0 Å². The number of fused-ring (bicyclic) bond motifs is 1. The smallest absolute Gasteiger partial charge is 0.259 e. The van der Waals surface area contributed by atoms with E-state index in [0.717, 1.165) is 28.3 Å². The minimum absolute atomic E-state index is 0.00835. The van der Waals surface area contributed by atoms with Crippen LogP contribution in [-0.2, 0) is 4.79 Å². The number of para-hydroxylation sites is 3. The van der Waals surface area contributed by atoms with Gasteiger partial charge in [-0.1, -0.05) is 60.7 Å². The van der Waals surface area contributed by atoms with Crippen LogP contribution in [0.4, 0.5) is 11.4 Å². The van der Waals surface area contributed by atoms with Gasteiger partial charge in [0.25, 0.3) is 5.91 Å². The van der Waals surface area contributed by atoms with E-state index in [-0.39, 0.29) is 17.6 Å². The van der Waals surface area contributed by atoms with Crippen molar-refractivity contribution >= 4 is 23.1 Å². The Morgan fingerprint density at radius 2 is 1.59 bits per heavy atom. The van der Waals surface area contributed by atoms with Crippen LogP contribution in [0.3, 0.4) is 0 Å². The third-order valence-electron chi connectivity index (χ3n) is 7.83. The number of carbonyl (C=O) groups excluding carboxylic acids is 2. The van der Waals surface area contributed by atoms with Gasteiger partial charge in [0.05, 0.1) is 31.1 Å². The van der Waals surface area contributed by atoms with Crippen molar-refractivity contribution in [3.8, 4) is 11.5 Å². The first-order valence-corrected chi connectivity index (χ1v) is 14.0. The van der Waals surface area contributed by atoms with Gasteiger partial charge in [-0.25, -0.2) is 0 Å². The predicted molar refractivity (Wildman–Crippen MR) is 161 cm³/mol. The Morgan fingerprint density at radius 1 is 0.878 bits per heavy atom. The quantitative estimate of drug-likeness (QED) is 0.276. The topological polar surface area (TPSA) is 67.9 Å². The Bertz CT molecular complexity index is 1610. The fourth-order valence-electron chi connectivity index (χ4n) is 5.93. The Labute approximate surface area is 240 Å². The molecule has 4 aromatic rings. The molecule has 0 unspecified atom stereocenters. The summed E-state index contributed by atoms with van der Waals surface area (Å²) in [7, 11) is 1.64. The van der Waals surface area contributed by atoms with Crippen molar-refractivity contribution in [2.45, 2.75) is 31.7 Å². The molecule has 1 amide bonds. The Kier molecular flexibility index (Phi) is 7.30. The number of benzene rings is 4. The maximum atomic E-state index is 14.4. The first-order valence-electron chi connectivity index (χ1n) is 14.0. The van der Waals surface area contributed by atoms with Crippen molar-refractivity contribution in [1.82, 2.24) is 0 Å². The zero-order valence-corrected chi connectivity index (χ0v) is 23.2. The van der Waals surface area contributed by atoms with E-state index in [4.69, 9.17) is 9.47 Å². The molecular formula is C35H32N2O4. The molecule has 2 atom stereocenters. The number of amides is 1. The molecule has 0 saturated heterocycles. The van der Waals surface area contributed by atoms with Crippen molar-refractivity contribution < 1.29 is 19.1 Å². The molecule has 4 aromatic carbocycles. The standard InChI is InChI=1S/C35H32N2O4/c1-3-41-32-16-10-7-13-27(32)34-33-29(21-25(22-31(33)38)23-17-19-26(40-2)20-18-23)36-28-14-8-9-15-30(28)37(34)35(39)24-11-5-4-6-12-24/h4-20,25,34,36H,3,21-22H2,1-2H3/t25-,34-/m1/s1. The molecule has 41 heavy (non-hydrogen) atoms. The largest absolute Gasteiger partial charge is 0.497 e. The van der Waals surface area contributed by atoms with Crippen LogP contribution in [0.15, 0.2) is 114 Å². The summed E-state index contributed by atoms with van der Waals surface area (Å²) in [6, 6.07) is 31.9. The van der Waals surface area contributed by atoms with Crippen LogP contribution < -0.4 is 19.7 Å². The lowest BCUT2D eigenvalue weighted by Crippen LogP contribution is -2.38. The lowest BCUT2D eigenvalue weighted by molar-refractivity contribution is -0.116. The van der Waals surface area contributed by atoms with Gasteiger partial charge in [-0.3, -0.25) is 14.5 Å². The molecule has 6 heteroatoms. The Balaban J connectivity index is 1.56. The average Bonchev–Trinajstić information content (AvgIpc) is 3.16. The number of hydrogen-bond donors (Lipinski definition) is 1. The maximum absolute atomic E-state index is 14.4. The van der Waals surface area contributed by atoms with Crippen LogP contribution in [0.25, 0.3) is 0 Å². The molecule has 0 radical (unpaired) electrons. The van der Waals surface area contributed by atoms with E-state index in [1.807, 2.05) is 110 Å². The molecule has 1 aliphatic heterocycles. The van der Waals surface area contributed by atoms with E-state index in [2.05, 4.69) is 5.32 Å². The summed E-state index contributed by atoms with van der Waals surface area (Å²) in [4.78, 5) is 30.5. The van der Waals surface area contributed by atoms with Gasteiger partial charge in [-0.15, -0.1) is 0 Å². The number of Topliss-reactive ketones (excluding diaryl/α,β-unsaturated/α-hetero) is 1. The third-order valence-corrected chi connectivity index (χ3v) is 7.83. The van der Waals surface area contributed by atoms with Gasteiger partial charge in [0.1, 0.15) is 11.5 Å². The number of methoxy groups -OCH3 is 1. The molecule has 0 aromatic heterocycles. The van der Waals surface area contributed by atoms with E-state index in [1.165, 1.54) is 0 Å². The lowest BCUT2D eigenvalue weighted by Gasteiger charge is -2.35. The summed E-state index contributed by atoms with van der Waals surface area (Å²) in [5.41, 5.74) is 5.32. The summed E-state index contributed by atoms with van der Waals surface area (Å²) in [5.74, 6) is 1.25. The minimum atomic E-state index is -0.680. The summed E-state index contributed by atoms with van der Waals surface area (Å²) < 4.78 is 11.4. The van der Waals surface area contributed by atoms with E-state index >= 15 is 0 Å². The second-order valence-corrected chi connectivity index (χ2v) is 10.3. The zero-order valence-electron chi connectivity index (χ0n) is 23.2. The monoisotopic (exact) mass is 544 g/mol. The molecule has 1 aliphatic carbocycles. The van der Waals surface area contributed by atoms with Crippen molar-refractivity contribution in [3.63, 3.8) is 0 Å². The number of ether oxygens (including phenoxy) is 2. The van der Waals surface area contributed by atoms with Gasteiger partial charge in [-0.2, -0.15) is 0 Å². The number of anilines is 2. The van der Waals surface area contributed by atoms with Gasteiger partial charge < -0.3 is 14.8 Å². The number of nitrogens with one attached hydrogen (secondary N) is 1. The van der Waals surface area contributed by atoms with Gasteiger partial charge in [0.15, 0.2) is 5.78 Å². The van der Waals surface area contributed by atoms with E-state index in [1.54, 1.807) is 12.0 Å². The Morgan fingerprint density at radius 3 is 2.34 bits per heavy atom. The fraction of sp³-hybridized carbons (Fsp3) is 0.200. The van der Waals surface area contributed by atoms with E-state index in [9.17, 15) is 9.59 Å². The predicted octanol–water partition coefficient (Wildman–Crippen LogP) is 7.31. The second-order valence-electron chi connectivity index (χ2n) is 10.3. The van der Waals surface area contributed by atoms with Crippen LogP contribution in [0, 0.1) is 0 Å². The summed E-state index contributed by atoms with van der Waals surface area (Å²) in [6.07, 6.45) is 0.965. The van der Waals surface area contributed by atoms with Crippen LogP contribution in [0.5, 0.6) is 11.5 Å². The number of ketones is 1. The number of nitrogens with zero attached hydrogens (tertiary/aromatic N) is 1. The molecule has 2 aliphatic rings. The van der Waals surface area contributed by atoms with Crippen molar-refractivity contribution in [3.05, 3.63) is 131 Å². The zero-order chi connectivity index (χ0) is 28.3. The molecule has 206 valence electrons. The molecule has 0 spiro atoms. The summed E-state index contributed by atoms with van der Waals surface area (Å²) in [5, 5.41) is 3.60. The third kappa shape index (κ3) is 4.97. The highest BCUT2D eigenvalue weighted by Gasteiger charge is 2.42. The average molecular weight is 545 g/mol. The molecule has 0 saturated carbocycles. The molecule has 6 rings (SSSR count). The van der Waals surface area contributed by atoms with E-state index < -0.39 is 6.04 Å². The van der Waals surface area contributed by atoms with Crippen LogP contribution in [-0.4, -0.2) is 25.4 Å². The van der Waals surface area contributed by atoms with Gasteiger partial charge in [0, 0.05) is 28.8 Å². The highest BCUT2D eigenvalue weighted by atomic mass is 16.5. The van der Waals surface area contributed by atoms with Crippen LogP contribution in [0.2, 0.25) is 0 Å². The maximum Gasteiger partial charge on any atom is 0.259 e. The summed E-state index contributed by atoms with van der Waals surface area (Å²) >= 11 is 0. The highest BCUT2D eigenvalue weighted by Crippen LogP contribution is 2.49. The second kappa shape index (κ2) is 11.3. The Hall–Kier alpha value is -4.84. The lowest BCUT2D eigenvalue weighted by atomic mass is 9.78. The van der Waals surface area contributed by atoms with Crippen molar-refractivity contribution in [2.75, 3.05) is 23.9 Å². The molecule has 0 fully saturated rings. The highest BCUT2D eigenvalue weighted by molar-refractivity contribution is 6.12. The van der Waals surface area contributed by atoms with Crippen molar-refractivity contribution in [2.24, 2.45) is 0 Å². The summed E-state index contributed by atoms with van der Waals surface area (Å²) in [6.45, 7) is 2.40. The number of allylic oxidation sites excluding steroid dienone is 1. The first-order chi connectivity index (χ1) is 20.1. The molecule has 6 nitrogen and oxygen atoms in total. The molecule has 1 N–H and O–H groups in total. The fourth-order valence-corrected chi connectivity index (χ4v) is 5.93. The number of carbonyl (C=O) groups is 2. The normalized spacial score (nSPS) is 18.1. The first kappa shape index (κ1) is 26.4. The van der Waals surface area contributed by atoms with Crippen LogP contribution in [0.1, 0.15) is 53.2 Å². The molecule has 0 bridgehead atoms. The SMILES string of the molecule is CCOc1ccccc1[C@@H]1C2=C(C[C@@H](c3ccc(OC)cc3)CC2=O)Nc2ccccc2N1C(=O)c1ccccc1. The minimum Gasteiger partial charge on any atom is -0.497 e. The number of hydrogen-bond acceptors (Lipinski definition) is 5.